The van der Waals surface area contributed by atoms with Crippen LogP contribution in [-0.2, 0) is 4.79 Å². The number of furan rings is 1. The van der Waals surface area contributed by atoms with Gasteiger partial charge in [0.15, 0.2) is 11.0 Å². The van der Waals surface area contributed by atoms with E-state index in [1.165, 1.54) is 11.8 Å². The van der Waals surface area contributed by atoms with Gasteiger partial charge >= 0.3 is 0 Å². The highest BCUT2D eigenvalue weighted by atomic mass is 35.5. The molecule has 30 heavy (non-hydrogen) atoms. The molecule has 2 aromatic carbocycles. The number of thioether (sulfide) groups is 1. The second-order valence-electron chi connectivity index (χ2n) is 6.63. The van der Waals surface area contributed by atoms with Crippen LogP contribution in [0.5, 0.6) is 0 Å². The van der Waals surface area contributed by atoms with Gasteiger partial charge in [-0.15, -0.1) is 10.2 Å². The third kappa shape index (κ3) is 4.27. The third-order valence-electron chi connectivity index (χ3n) is 4.49. The average molecular weight is 439 g/mol. The molecule has 4 aromatic rings. The highest BCUT2D eigenvalue weighted by Gasteiger charge is 2.23. The molecule has 0 aliphatic rings. The molecule has 0 saturated carbocycles. The summed E-state index contributed by atoms with van der Waals surface area (Å²) >= 11 is 7.34. The molecule has 0 aliphatic carbocycles. The van der Waals surface area contributed by atoms with Crippen molar-refractivity contribution in [3.8, 4) is 17.1 Å². The molecule has 0 aliphatic heterocycles. The molecule has 0 bridgehead atoms. The number of carbonyl (C=O) groups is 1. The van der Waals surface area contributed by atoms with Gasteiger partial charge in [-0.2, -0.15) is 0 Å². The smallest absolute Gasteiger partial charge is 0.237 e. The van der Waals surface area contributed by atoms with E-state index in [-0.39, 0.29) is 5.91 Å². The third-order valence-corrected chi connectivity index (χ3v) is 5.77. The van der Waals surface area contributed by atoms with Crippen LogP contribution in [0.1, 0.15) is 12.7 Å². The molecular formula is C22H19ClN4O2S. The Morgan fingerprint density at radius 1 is 1.13 bits per heavy atom. The van der Waals surface area contributed by atoms with Gasteiger partial charge in [0.2, 0.25) is 5.91 Å². The van der Waals surface area contributed by atoms with Gasteiger partial charge in [0.25, 0.3) is 0 Å². The monoisotopic (exact) mass is 438 g/mol. The first-order chi connectivity index (χ1) is 14.5. The first-order valence-electron chi connectivity index (χ1n) is 9.31. The van der Waals surface area contributed by atoms with Gasteiger partial charge in [-0.25, -0.2) is 0 Å². The predicted molar refractivity (Wildman–Crippen MR) is 119 cm³/mol. The number of para-hydroxylation sites is 1. The Hall–Kier alpha value is -3.03. The second-order valence-corrected chi connectivity index (χ2v) is 8.37. The lowest BCUT2D eigenvalue weighted by molar-refractivity contribution is -0.115. The number of halogens is 1. The lowest BCUT2D eigenvalue weighted by Crippen LogP contribution is -2.22. The maximum absolute atomic E-state index is 12.7. The molecule has 6 nitrogen and oxygen atoms in total. The van der Waals surface area contributed by atoms with Crippen LogP contribution in [-0.4, -0.2) is 25.9 Å². The first kappa shape index (κ1) is 20.3. The van der Waals surface area contributed by atoms with Gasteiger partial charge in [0.1, 0.15) is 5.76 Å². The molecule has 2 aromatic heterocycles. The van der Waals surface area contributed by atoms with Crippen LogP contribution in [0.3, 0.4) is 0 Å². The molecule has 8 heteroatoms. The van der Waals surface area contributed by atoms with Crippen molar-refractivity contribution in [2.75, 3.05) is 5.32 Å². The quantitative estimate of drug-likeness (QED) is 0.396. The van der Waals surface area contributed by atoms with Crippen molar-refractivity contribution in [2.24, 2.45) is 0 Å². The zero-order valence-corrected chi connectivity index (χ0v) is 17.9. The zero-order chi connectivity index (χ0) is 21.1. The Labute approximate surface area is 183 Å². The Balaban J connectivity index is 1.63. The summed E-state index contributed by atoms with van der Waals surface area (Å²) in [5.41, 5.74) is 2.41. The molecule has 4 rings (SSSR count). The van der Waals surface area contributed by atoms with Crippen LogP contribution in [0.15, 0.2) is 76.5 Å². The van der Waals surface area contributed by atoms with Crippen molar-refractivity contribution in [1.29, 1.82) is 0 Å². The summed E-state index contributed by atoms with van der Waals surface area (Å²) in [4.78, 5) is 12.7. The number of amides is 1. The number of nitrogens with one attached hydrogen (secondary N) is 1. The van der Waals surface area contributed by atoms with E-state index >= 15 is 0 Å². The summed E-state index contributed by atoms with van der Waals surface area (Å²) in [5, 5.41) is 12.4. The van der Waals surface area contributed by atoms with Crippen molar-refractivity contribution < 1.29 is 9.21 Å². The minimum absolute atomic E-state index is 0.147. The molecule has 0 spiro atoms. The molecule has 0 saturated heterocycles. The van der Waals surface area contributed by atoms with E-state index in [1.807, 2.05) is 54.8 Å². The number of carbonyl (C=O) groups excluding carboxylic acids is 1. The fraction of sp³-hybridized carbons (Fsp3) is 0.136. The molecule has 1 N–H and O–H groups in total. The number of hydrogen-bond donors (Lipinski definition) is 1. The van der Waals surface area contributed by atoms with Crippen LogP contribution in [0.4, 0.5) is 5.69 Å². The van der Waals surface area contributed by atoms with Crippen molar-refractivity contribution in [3.63, 3.8) is 0 Å². The summed E-state index contributed by atoms with van der Waals surface area (Å²) in [5.74, 6) is 1.27. The number of rotatable bonds is 6. The molecule has 1 amide bonds. The lowest BCUT2D eigenvalue weighted by Gasteiger charge is -2.14. The standard InChI is InChI=1S/C22H19ClN4O2S/c1-14-19(11-12-29-14)20-25-26-22(27(20)18-9-4-3-5-10-18)30-15(2)21(28)24-17-8-6-7-16(23)13-17/h3-13,15H,1-2H3,(H,24,28). The maximum atomic E-state index is 12.7. The van der Waals surface area contributed by atoms with Crippen LogP contribution in [0.25, 0.3) is 17.1 Å². The first-order valence-corrected chi connectivity index (χ1v) is 10.6. The molecular weight excluding hydrogens is 420 g/mol. The largest absolute Gasteiger partial charge is 0.469 e. The molecule has 152 valence electrons. The number of aryl methyl sites for hydroxylation is 1. The SMILES string of the molecule is Cc1occc1-c1nnc(SC(C)C(=O)Nc2cccc(Cl)c2)n1-c1ccccc1. The van der Waals surface area contributed by atoms with Crippen LogP contribution < -0.4 is 5.32 Å². The average Bonchev–Trinajstić information content (AvgIpc) is 3.34. The minimum atomic E-state index is -0.408. The number of nitrogens with zero attached hydrogens (tertiary/aromatic N) is 3. The molecule has 1 atom stereocenters. The number of benzene rings is 2. The predicted octanol–water partition coefficient (Wildman–Crippen LogP) is 5.61. The Morgan fingerprint density at radius 2 is 1.93 bits per heavy atom. The van der Waals surface area contributed by atoms with Crippen molar-refractivity contribution in [2.45, 2.75) is 24.3 Å². The van der Waals surface area contributed by atoms with Crippen molar-refractivity contribution in [1.82, 2.24) is 14.8 Å². The highest BCUT2D eigenvalue weighted by Crippen LogP contribution is 2.32. The van der Waals surface area contributed by atoms with E-state index in [1.54, 1.807) is 30.5 Å². The van der Waals surface area contributed by atoms with E-state index in [4.69, 9.17) is 16.0 Å². The summed E-state index contributed by atoms with van der Waals surface area (Å²) in [6, 6.07) is 18.7. The zero-order valence-electron chi connectivity index (χ0n) is 16.4. The summed E-state index contributed by atoms with van der Waals surface area (Å²) in [6.07, 6.45) is 1.63. The number of anilines is 1. The Bertz CT molecular complexity index is 1170. The van der Waals surface area contributed by atoms with E-state index in [0.717, 1.165) is 17.0 Å². The van der Waals surface area contributed by atoms with Crippen molar-refractivity contribution in [3.05, 3.63) is 77.7 Å². The summed E-state index contributed by atoms with van der Waals surface area (Å²) in [6.45, 7) is 3.71. The summed E-state index contributed by atoms with van der Waals surface area (Å²) < 4.78 is 7.39. The van der Waals surface area contributed by atoms with Gasteiger partial charge in [-0.05, 0) is 50.2 Å². The summed E-state index contributed by atoms with van der Waals surface area (Å²) in [7, 11) is 0. The van der Waals surface area contributed by atoms with E-state index in [0.29, 0.717) is 21.7 Å². The van der Waals surface area contributed by atoms with Gasteiger partial charge in [-0.3, -0.25) is 9.36 Å². The van der Waals surface area contributed by atoms with Crippen LogP contribution in [0, 0.1) is 6.92 Å². The molecule has 1 unspecified atom stereocenters. The molecule has 2 heterocycles. The normalized spacial score (nSPS) is 12.0. The fourth-order valence-corrected chi connectivity index (χ4v) is 4.03. The van der Waals surface area contributed by atoms with E-state index < -0.39 is 5.25 Å². The molecule has 0 fully saturated rings. The van der Waals surface area contributed by atoms with Gasteiger partial charge in [0, 0.05) is 16.4 Å². The molecule has 0 radical (unpaired) electrons. The van der Waals surface area contributed by atoms with Crippen molar-refractivity contribution >= 4 is 35.0 Å². The van der Waals surface area contributed by atoms with Crippen LogP contribution in [0.2, 0.25) is 5.02 Å². The lowest BCUT2D eigenvalue weighted by atomic mass is 10.2. The topological polar surface area (TPSA) is 72.9 Å². The number of aromatic nitrogens is 3. The Kier molecular flexibility index (Phi) is 5.92. The van der Waals surface area contributed by atoms with E-state index in [9.17, 15) is 4.79 Å². The van der Waals surface area contributed by atoms with Crippen LogP contribution >= 0.6 is 23.4 Å². The second kappa shape index (κ2) is 8.77. The van der Waals surface area contributed by atoms with Gasteiger partial charge in [-0.1, -0.05) is 47.6 Å². The fourth-order valence-electron chi connectivity index (χ4n) is 2.97. The minimum Gasteiger partial charge on any atom is -0.469 e. The van der Waals surface area contributed by atoms with Gasteiger partial charge < -0.3 is 9.73 Å². The van der Waals surface area contributed by atoms with E-state index in [2.05, 4.69) is 15.5 Å². The Morgan fingerprint density at radius 3 is 2.63 bits per heavy atom. The number of hydrogen-bond acceptors (Lipinski definition) is 5. The maximum Gasteiger partial charge on any atom is 0.237 e. The van der Waals surface area contributed by atoms with Gasteiger partial charge in [0.05, 0.1) is 17.1 Å². The highest BCUT2D eigenvalue weighted by molar-refractivity contribution is 8.00.